The second-order valence-electron chi connectivity index (χ2n) is 3.17. The summed E-state index contributed by atoms with van der Waals surface area (Å²) in [6, 6.07) is 7.34. The van der Waals surface area contributed by atoms with Crippen molar-refractivity contribution in [2.45, 2.75) is 13.3 Å². The molecule has 0 aliphatic rings. The van der Waals surface area contributed by atoms with Crippen LogP contribution in [0.2, 0.25) is 0 Å². The van der Waals surface area contributed by atoms with Crippen LogP contribution in [-0.2, 0) is 4.79 Å². The smallest absolute Gasteiger partial charge is 0.333 e. The quantitative estimate of drug-likeness (QED) is 0.750. The van der Waals surface area contributed by atoms with Crippen LogP contribution in [0.1, 0.15) is 13.3 Å². The number of carboxylic acids is 1. The predicted molar refractivity (Wildman–Crippen MR) is 62.6 cm³/mol. The molecule has 0 unspecified atom stereocenters. The van der Waals surface area contributed by atoms with Gasteiger partial charge in [0.1, 0.15) is 5.75 Å². The van der Waals surface area contributed by atoms with Crippen molar-refractivity contribution in [3.63, 3.8) is 0 Å². The lowest BCUT2D eigenvalue weighted by atomic mass is 10.2. The van der Waals surface area contributed by atoms with Crippen molar-refractivity contribution in [2.75, 3.05) is 12.4 Å². The number of aliphatic carboxylic acids is 1. The van der Waals surface area contributed by atoms with E-state index in [0.717, 1.165) is 5.69 Å². The van der Waals surface area contributed by atoms with Gasteiger partial charge in [0.25, 0.3) is 0 Å². The highest BCUT2D eigenvalue weighted by atomic mass is 16.5. The van der Waals surface area contributed by atoms with Gasteiger partial charge in [-0.1, -0.05) is 19.1 Å². The lowest BCUT2D eigenvalue weighted by molar-refractivity contribution is -0.132. The van der Waals surface area contributed by atoms with E-state index in [-0.39, 0.29) is 0 Å². The Bertz CT molecular complexity index is 399. The Morgan fingerprint density at radius 3 is 2.75 bits per heavy atom. The lowest BCUT2D eigenvalue weighted by Gasteiger charge is -2.08. The number of hydrogen-bond donors (Lipinski definition) is 2. The maximum absolute atomic E-state index is 10.8. The van der Waals surface area contributed by atoms with E-state index in [1.807, 2.05) is 24.3 Å². The third kappa shape index (κ3) is 3.02. The standard InChI is InChI=1S/C12H15NO3/c1-3-9(12(14)15)8-13-10-6-4-5-7-11(10)16-2/h4-8,13H,3H2,1-2H3,(H,14,15). The van der Waals surface area contributed by atoms with E-state index in [2.05, 4.69) is 5.32 Å². The Morgan fingerprint density at radius 2 is 2.19 bits per heavy atom. The van der Waals surface area contributed by atoms with Crippen molar-refractivity contribution in [3.8, 4) is 5.75 Å². The molecule has 0 saturated carbocycles. The predicted octanol–water partition coefficient (Wildman–Crippen LogP) is 2.49. The first-order valence-electron chi connectivity index (χ1n) is 5.01. The van der Waals surface area contributed by atoms with E-state index in [4.69, 9.17) is 9.84 Å². The van der Waals surface area contributed by atoms with Crippen LogP contribution in [0.3, 0.4) is 0 Å². The molecule has 1 rings (SSSR count). The molecule has 0 aromatic heterocycles. The summed E-state index contributed by atoms with van der Waals surface area (Å²) in [6.07, 6.45) is 1.96. The first-order valence-corrected chi connectivity index (χ1v) is 5.01. The molecule has 0 radical (unpaired) electrons. The van der Waals surface area contributed by atoms with Gasteiger partial charge < -0.3 is 15.2 Å². The molecule has 16 heavy (non-hydrogen) atoms. The van der Waals surface area contributed by atoms with Crippen LogP contribution in [0.25, 0.3) is 0 Å². The molecule has 2 N–H and O–H groups in total. The number of hydrogen-bond acceptors (Lipinski definition) is 3. The minimum absolute atomic E-state index is 0.325. The number of rotatable bonds is 5. The molecule has 1 aromatic rings. The average Bonchev–Trinajstić information content (AvgIpc) is 2.30. The van der Waals surface area contributed by atoms with Gasteiger partial charge in [-0.2, -0.15) is 0 Å². The number of carbonyl (C=O) groups is 1. The Balaban J connectivity index is 2.84. The second kappa shape index (κ2) is 5.80. The van der Waals surface area contributed by atoms with E-state index in [1.165, 1.54) is 6.20 Å². The van der Waals surface area contributed by atoms with Gasteiger partial charge in [-0.05, 0) is 18.6 Å². The topological polar surface area (TPSA) is 58.6 Å². The van der Waals surface area contributed by atoms with Crippen molar-refractivity contribution in [2.24, 2.45) is 0 Å². The number of nitrogens with one attached hydrogen (secondary N) is 1. The molecule has 0 spiro atoms. The van der Waals surface area contributed by atoms with Crippen molar-refractivity contribution >= 4 is 11.7 Å². The minimum Gasteiger partial charge on any atom is -0.495 e. The SMILES string of the molecule is CCC(=CNc1ccccc1OC)C(=O)O. The van der Waals surface area contributed by atoms with Crippen LogP contribution in [0.4, 0.5) is 5.69 Å². The summed E-state index contributed by atoms with van der Waals surface area (Å²) in [7, 11) is 1.57. The molecule has 0 amide bonds. The fourth-order valence-corrected chi connectivity index (χ4v) is 1.24. The second-order valence-corrected chi connectivity index (χ2v) is 3.17. The summed E-state index contributed by atoms with van der Waals surface area (Å²) in [5.74, 6) is -0.232. The zero-order chi connectivity index (χ0) is 12.0. The van der Waals surface area contributed by atoms with E-state index < -0.39 is 5.97 Å². The molecule has 0 saturated heterocycles. The molecule has 1 aromatic carbocycles. The monoisotopic (exact) mass is 221 g/mol. The van der Waals surface area contributed by atoms with E-state index in [1.54, 1.807) is 14.0 Å². The summed E-state index contributed by atoms with van der Waals surface area (Å²) in [5.41, 5.74) is 1.07. The molecule has 0 heterocycles. The average molecular weight is 221 g/mol. The molecule has 0 aliphatic heterocycles. The van der Waals surface area contributed by atoms with E-state index in [0.29, 0.717) is 17.7 Å². The van der Waals surface area contributed by atoms with Gasteiger partial charge in [0.2, 0.25) is 0 Å². The Hall–Kier alpha value is -1.97. The summed E-state index contributed by atoms with van der Waals surface area (Å²) in [4.78, 5) is 10.8. The number of para-hydroxylation sites is 2. The first-order chi connectivity index (χ1) is 7.69. The van der Waals surface area contributed by atoms with Crippen LogP contribution < -0.4 is 10.1 Å². The lowest BCUT2D eigenvalue weighted by Crippen LogP contribution is -2.02. The number of ether oxygens (including phenoxy) is 1. The maximum atomic E-state index is 10.8. The zero-order valence-electron chi connectivity index (χ0n) is 9.36. The molecule has 4 nitrogen and oxygen atoms in total. The van der Waals surface area contributed by atoms with Crippen molar-refractivity contribution in [1.82, 2.24) is 0 Å². The zero-order valence-corrected chi connectivity index (χ0v) is 9.36. The third-order valence-electron chi connectivity index (χ3n) is 2.16. The Morgan fingerprint density at radius 1 is 1.50 bits per heavy atom. The molecule has 0 bridgehead atoms. The summed E-state index contributed by atoms with van der Waals surface area (Å²) in [6.45, 7) is 1.80. The van der Waals surface area contributed by atoms with Crippen molar-refractivity contribution < 1.29 is 14.6 Å². The highest BCUT2D eigenvalue weighted by Gasteiger charge is 2.04. The highest BCUT2D eigenvalue weighted by molar-refractivity contribution is 5.87. The largest absolute Gasteiger partial charge is 0.495 e. The molecular weight excluding hydrogens is 206 g/mol. The van der Waals surface area contributed by atoms with Gasteiger partial charge in [-0.15, -0.1) is 0 Å². The molecule has 0 fully saturated rings. The third-order valence-corrected chi connectivity index (χ3v) is 2.16. The van der Waals surface area contributed by atoms with Gasteiger partial charge in [-0.3, -0.25) is 0 Å². The van der Waals surface area contributed by atoms with E-state index in [9.17, 15) is 4.79 Å². The minimum atomic E-state index is -0.912. The van der Waals surface area contributed by atoms with Crippen LogP contribution in [0, 0.1) is 0 Å². The van der Waals surface area contributed by atoms with Crippen LogP contribution in [-0.4, -0.2) is 18.2 Å². The number of carboxylic acid groups (broad SMARTS) is 1. The fraction of sp³-hybridized carbons (Fsp3) is 0.250. The maximum Gasteiger partial charge on any atom is 0.333 e. The Labute approximate surface area is 94.6 Å². The van der Waals surface area contributed by atoms with E-state index >= 15 is 0 Å². The first kappa shape index (κ1) is 12.1. The summed E-state index contributed by atoms with van der Waals surface area (Å²) in [5, 5.41) is 11.8. The number of anilines is 1. The molecule has 0 atom stereocenters. The van der Waals surface area contributed by atoms with Gasteiger partial charge >= 0.3 is 5.97 Å². The highest BCUT2D eigenvalue weighted by Crippen LogP contribution is 2.23. The molecule has 4 heteroatoms. The molecule has 86 valence electrons. The van der Waals surface area contributed by atoms with Crippen LogP contribution in [0.5, 0.6) is 5.75 Å². The van der Waals surface area contributed by atoms with Crippen molar-refractivity contribution in [1.29, 1.82) is 0 Å². The molecule has 0 aliphatic carbocycles. The molecular formula is C12H15NO3. The van der Waals surface area contributed by atoms with Gasteiger partial charge in [0.15, 0.2) is 0 Å². The van der Waals surface area contributed by atoms with Gasteiger partial charge in [0.05, 0.1) is 18.4 Å². The van der Waals surface area contributed by atoms with Crippen LogP contribution in [0.15, 0.2) is 36.0 Å². The fourth-order valence-electron chi connectivity index (χ4n) is 1.24. The summed E-state index contributed by atoms with van der Waals surface area (Å²) >= 11 is 0. The number of methoxy groups -OCH3 is 1. The summed E-state index contributed by atoms with van der Waals surface area (Å²) < 4.78 is 5.13. The Kier molecular flexibility index (Phi) is 4.39. The number of benzene rings is 1. The van der Waals surface area contributed by atoms with Crippen molar-refractivity contribution in [3.05, 3.63) is 36.0 Å². The van der Waals surface area contributed by atoms with Crippen LogP contribution >= 0.6 is 0 Å². The van der Waals surface area contributed by atoms with Gasteiger partial charge in [0, 0.05) is 6.20 Å². The van der Waals surface area contributed by atoms with Gasteiger partial charge in [-0.25, -0.2) is 4.79 Å². The normalized spacial score (nSPS) is 11.0.